The van der Waals surface area contributed by atoms with Gasteiger partial charge in [0.05, 0.1) is 10.5 Å². The third kappa shape index (κ3) is 2.81. The summed E-state index contributed by atoms with van der Waals surface area (Å²) in [4.78, 5) is 26.3. The van der Waals surface area contributed by atoms with Gasteiger partial charge in [-0.3, -0.25) is 9.59 Å². The average Bonchev–Trinajstić information content (AvgIpc) is 2.61. The van der Waals surface area contributed by atoms with Gasteiger partial charge in [0.1, 0.15) is 0 Å². The Bertz CT molecular complexity index is 964. The normalized spacial score (nSPS) is 10.8. The van der Waals surface area contributed by atoms with E-state index < -0.39 is 0 Å². The molecule has 0 unspecified atom stereocenters. The van der Waals surface area contributed by atoms with Crippen LogP contribution in [0.3, 0.4) is 0 Å². The number of carbonyl (C=O) groups is 1. The molecule has 0 fully saturated rings. The zero-order chi connectivity index (χ0) is 17.3. The Morgan fingerprint density at radius 2 is 1.83 bits per heavy atom. The largest absolute Gasteiger partial charge is 0.311 e. The standard InChI is InChI=1S/C19H17ClN2O2/c1-3-22-17-10-9-13(11-15(17)16(20)12-18(22)23)19(24)21(2)14-7-5-4-6-8-14/h4-12H,3H2,1-2H3. The monoisotopic (exact) mass is 340 g/mol. The molecule has 0 aliphatic rings. The second kappa shape index (κ2) is 6.49. The minimum Gasteiger partial charge on any atom is -0.311 e. The van der Waals surface area contributed by atoms with E-state index in [0.29, 0.717) is 22.5 Å². The number of benzene rings is 2. The summed E-state index contributed by atoms with van der Waals surface area (Å²) in [6.45, 7) is 2.45. The number of hydrogen-bond acceptors (Lipinski definition) is 2. The highest BCUT2D eigenvalue weighted by molar-refractivity contribution is 6.35. The van der Waals surface area contributed by atoms with Crippen LogP contribution >= 0.6 is 11.6 Å². The number of aromatic nitrogens is 1. The maximum absolute atomic E-state index is 12.7. The molecule has 1 amide bonds. The lowest BCUT2D eigenvalue weighted by atomic mass is 10.1. The van der Waals surface area contributed by atoms with E-state index in [4.69, 9.17) is 11.6 Å². The maximum Gasteiger partial charge on any atom is 0.258 e. The number of carbonyl (C=O) groups excluding carboxylic acids is 1. The minimum absolute atomic E-state index is 0.131. The Kier molecular flexibility index (Phi) is 4.40. The number of pyridine rings is 1. The Morgan fingerprint density at radius 3 is 2.50 bits per heavy atom. The average molecular weight is 341 g/mol. The number of fused-ring (bicyclic) bond motifs is 1. The molecule has 3 rings (SSSR count). The molecule has 0 spiro atoms. The molecule has 0 saturated carbocycles. The summed E-state index contributed by atoms with van der Waals surface area (Å²) in [5.41, 5.74) is 1.92. The van der Waals surface area contributed by atoms with Crippen molar-refractivity contribution >= 4 is 34.1 Å². The summed E-state index contributed by atoms with van der Waals surface area (Å²) in [6.07, 6.45) is 0. The SMILES string of the molecule is CCn1c(=O)cc(Cl)c2cc(C(=O)N(C)c3ccccc3)ccc21. The van der Waals surface area contributed by atoms with Crippen LogP contribution < -0.4 is 10.5 Å². The lowest BCUT2D eigenvalue weighted by Gasteiger charge is -2.18. The Morgan fingerprint density at radius 1 is 1.12 bits per heavy atom. The van der Waals surface area contributed by atoms with E-state index in [2.05, 4.69) is 0 Å². The summed E-state index contributed by atoms with van der Waals surface area (Å²) >= 11 is 6.23. The van der Waals surface area contributed by atoms with Crippen molar-refractivity contribution < 1.29 is 4.79 Å². The zero-order valence-corrected chi connectivity index (χ0v) is 14.2. The fourth-order valence-corrected chi connectivity index (χ4v) is 3.01. The van der Waals surface area contributed by atoms with Crippen LogP contribution in [0.4, 0.5) is 5.69 Å². The van der Waals surface area contributed by atoms with Gasteiger partial charge >= 0.3 is 0 Å². The number of para-hydroxylation sites is 1. The first-order chi connectivity index (χ1) is 11.5. The predicted molar refractivity (Wildman–Crippen MR) is 98.1 cm³/mol. The Hall–Kier alpha value is -2.59. The Balaban J connectivity index is 2.08. The van der Waals surface area contributed by atoms with Gasteiger partial charge in [0.25, 0.3) is 11.5 Å². The second-order valence-corrected chi connectivity index (χ2v) is 5.91. The molecule has 1 aromatic heterocycles. The lowest BCUT2D eigenvalue weighted by Crippen LogP contribution is -2.26. The van der Waals surface area contributed by atoms with Crippen LogP contribution in [0.25, 0.3) is 10.9 Å². The molecule has 0 saturated heterocycles. The molecule has 0 radical (unpaired) electrons. The van der Waals surface area contributed by atoms with E-state index in [0.717, 1.165) is 11.2 Å². The first-order valence-corrected chi connectivity index (χ1v) is 8.07. The van der Waals surface area contributed by atoms with Crippen LogP contribution in [0.15, 0.2) is 59.4 Å². The van der Waals surface area contributed by atoms with E-state index in [1.54, 1.807) is 34.7 Å². The molecule has 3 aromatic rings. The molecule has 1 heterocycles. The summed E-state index contributed by atoms with van der Waals surface area (Å²) in [7, 11) is 1.73. The molecule has 24 heavy (non-hydrogen) atoms. The summed E-state index contributed by atoms with van der Waals surface area (Å²) in [6, 6.07) is 16.1. The molecular weight excluding hydrogens is 324 g/mol. The molecule has 0 aliphatic heterocycles. The third-order valence-electron chi connectivity index (χ3n) is 4.07. The first kappa shape index (κ1) is 16.3. The summed E-state index contributed by atoms with van der Waals surface area (Å²) in [5.74, 6) is -0.131. The topological polar surface area (TPSA) is 42.3 Å². The second-order valence-electron chi connectivity index (χ2n) is 5.51. The predicted octanol–water partition coefficient (Wildman–Crippen LogP) is 3.95. The number of halogens is 1. The molecule has 122 valence electrons. The molecule has 5 heteroatoms. The van der Waals surface area contributed by atoms with Gasteiger partial charge in [0.15, 0.2) is 0 Å². The molecule has 4 nitrogen and oxygen atoms in total. The molecular formula is C19H17ClN2O2. The number of hydrogen-bond donors (Lipinski definition) is 0. The van der Waals surface area contributed by atoms with E-state index in [9.17, 15) is 9.59 Å². The van der Waals surface area contributed by atoms with Crippen molar-refractivity contribution in [3.8, 4) is 0 Å². The van der Waals surface area contributed by atoms with Crippen molar-refractivity contribution in [2.24, 2.45) is 0 Å². The van der Waals surface area contributed by atoms with Crippen LogP contribution in [0.2, 0.25) is 5.02 Å². The Labute approximate surface area is 144 Å². The highest BCUT2D eigenvalue weighted by atomic mass is 35.5. The zero-order valence-electron chi connectivity index (χ0n) is 13.5. The van der Waals surface area contributed by atoms with Gasteiger partial charge in [-0.05, 0) is 37.3 Å². The van der Waals surface area contributed by atoms with E-state index in [-0.39, 0.29) is 11.5 Å². The van der Waals surface area contributed by atoms with Crippen LogP contribution in [0, 0.1) is 0 Å². The van der Waals surface area contributed by atoms with Crippen LogP contribution in [0.1, 0.15) is 17.3 Å². The lowest BCUT2D eigenvalue weighted by molar-refractivity contribution is 0.0993. The van der Waals surface area contributed by atoms with Gasteiger partial charge in [0.2, 0.25) is 0 Å². The van der Waals surface area contributed by atoms with Gasteiger partial charge in [-0.25, -0.2) is 0 Å². The van der Waals surface area contributed by atoms with E-state index in [1.807, 2.05) is 37.3 Å². The van der Waals surface area contributed by atoms with Gasteiger partial charge in [0, 0.05) is 36.3 Å². The fraction of sp³-hybridized carbons (Fsp3) is 0.158. The van der Waals surface area contributed by atoms with Crippen molar-refractivity contribution in [2.45, 2.75) is 13.5 Å². The van der Waals surface area contributed by atoms with Crippen LogP contribution in [-0.2, 0) is 6.54 Å². The van der Waals surface area contributed by atoms with Crippen molar-refractivity contribution in [1.29, 1.82) is 0 Å². The molecule has 0 bridgehead atoms. The number of aryl methyl sites for hydroxylation is 1. The number of amides is 1. The first-order valence-electron chi connectivity index (χ1n) is 7.69. The van der Waals surface area contributed by atoms with E-state index >= 15 is 0 Å². The van der Waals surface area contributed by atoms with Gasteiger partial charge in [-0.1, -0.05) is 29.8 Å². The number of nitrogens with zero attached hydrogens (tertiary/aromatic N) is 2. The highest BCUT2D eigenvalue weighted by Crippen LogP contribution is 2.24. The summed E-state index contributed by atoms with van der Waals surface area (Å²) in [5, 5.41) is 1.06. The fourth-order valence-electron chi connectivity index (χ4n) is 2.77. The van der Waals surface area contributed by atoms with Crippen molar-refractivity contribution in [3.63, 3.8) is 0 Å². The number of anilines is 1. The molecule has 2 aromatic carbocycles. The minimum atomic E-state index is -0.143. The molecule has 0 atom stereocenters. The third-order valence-corrected chi connectivity index (χ3v) is 4.38. The maximum atomic E-state index is 12.7. The number of rotatable bonds is 3. The smallest absolute Gasteiger partial charge is 0.258 e. The van der Waals surface area contributed by atoms with Gasteiger partial charge < -0.3 is 9.47 Å². The molecule has 0 aliphatic carbocycles. The quantitative estimate of drug-likeness (QED) is 0.724. The molecule has 0 N–H and O–H groups in total. The van der Waals surface area contributed by atoms with Crippen LogP contribution in [0.5, 0.6) is 0 Å². The van der Waals surface area contributed by atoms with Crippen molar-refractivity contribution in [1.82, 2.24) is 4.57 Å². The van der Waals surface area contributed by atoms with Crippen LogP contribution in [-0.4, -0.2) is 17.5 Å². The van der Waals surface area contributed by atoms with Crippen molar-refractivity contribution in [3.05, 3.63) is 75.5 Å². The van der Waals surface area contributed by atoms with Crippen molar-refractivity contribution in [2.75, 3.05) is 11.9 Å². The van der Waals surface area contributed by atoms with Gasteiger partial charge in [-0.2, -0.15) is 0 Å². The highest BCUT2D eigenvalue weighted by Gasteiger charge is 2.15. The van der Waals surface area contributed by atoms with Gasteiger partial charge in [-0.15, -0.1) is 0 Å². The summed E-state index contributed by atoms with van der Waals surface area (Å²) < 4.78 is 1.64. The van der Waals surface area contributed by atoms with E-state index in [1.165, 1.54) is 6.07 Å².